The van der Waals surface area contributed by atoms with Crippen LogP contribution in [0.25, 0.3) is 22.4 Å². The van der Waals surface area contributed by atoms with Crippen LogP contribution in [0.2, 0.25) is 5.02 Å². The van der Waals surface area contributed by atoms with Crippen molar-refractivity contribution in [3.63, 3.8) is 0 Å². The molecular formula is C32H31ClF4N8O2. The lowest BCUT2D eigenvalue weighted by Crippen LogP contribution is -2.38. The minimum atomic E-state index is -4.62. The molecule has 0 spiro atoms. The zero-order valence-electron chi connectivity index (χ0n) is 25.2. The van der Waals surface area contributed by atoms with Crippen molar-refractivity contribution in [3.8, 4) is 17.3 Å². The molecule has 5 heterocycles. The van der Waals surface area contributed by atoms with Gasteiger partial charge in [0.25, 0.3) is 5.88 Å². The quantitative estimate of drug-likeness (QED) is 0.188. The van der Waals surface area contributed by atoms with Crippen molar-refractivity contribution in [2.45, 2.75) is 51.1 Å². The van der Waals surface area contributed by atoms with Gasteiger partial charge >= 0.3 is 6.18 Å². The van der Waals surface area contributed by atoms with Gasteiger partial charge in [-0.15, -0.1) is 10.2 Å². The van der Waals surface area contributed by atoms with E-state index in [0.29, 0.717) is 80.0 Å². The molecule has 2 aliphatic heterocycles. The minimum Gasteiger partial charge on any atom is -0.472 e. The highest BCUT2D eigenvalue weighted by atomic mass is 35.5. The summed E-state index contributed by atoms with van der Waals surface area (Å²) in [7, 11) is 0. The second-order valence-corrected chi connectivity index (χ2v) is 12.4. The number of rotatable bonds is 9. The average Bonchev–Trinajstić information content (AvgIpc) is 3.82. The fourth-order valence-corrected chi connectivity index (χ4v) is 6.16. The molecule has 0 aliphatic carbocycles. The van der Waals surface area contributed by atoms with Gasteiger partial charge in [0.15, 0.2) is 5.82 Å². The highest BCUT2D eigenvalue weighted by Crippen LogP contribution is 2.30. The van der Waals surface area contributed by atoms with Gasteiger partial charge in [-0.05, 0) is 55.2 Å². The van der Waals surface area contributed by atoms with Gasteiger partial charge in [0.1, 0.15) is 17.8 Å². The van der Waals surface area contributed by atoms with Gasteiger partial charge in [0.2, 0.25) is 11.6 Å². The van der Waals surface area contributed by atoms with Crippen molar-refractivity contribution in [3.05, 3.63) is 82.5 Å². The van der Waals surface area contributed by atoms with Gasteiger partial charge in [-0.1, -0.05) is 23.7 Å². The van der Waals surface area contributed by atoms with E-state index in [1.54, 1.807) is 24.3 Å². The van der Waals surface area contributed by atoms with Crippen molar-refractivity contribution < 1.29 is 27.0 Å². The molecule has 0 bridgehead atoms. The molecule has 1 atom stereocenters. The van der Waals surface area contributed by atoms with Crippen LogP contribution < -0.4 is 4.74 Å². The van der Waals surface area contributed by atoms with E-state index in [4.69, 9.17) is 26.1 Å². The summed E-state index contributed by atoms with van der Waals surface area (Å²) >= 11 is 5.98. The average molecular weight is 671 g/mol. The maximum Gasteiger partial charge on any atom is 0.451 e. The molecule has 47 heavy (non-hydrogen) atoms. The van der Waals surface area contributed by atoms with Crippen LogP contribution in [-0.4, -0.2) is 72.0 Å². The van der Waals surface area contributed by atoms with Gasteiger partial charge in [-0.25, -0.2) is 9.97 Å². The van der Waals surface area contributed by atoms with Crippen molar-refractivity contribution >= 4 is 22.6 Å². The summed E-state index contributed by atoms with van der Waals surface area (Å²) in [5, 5.41) is 7.59. The van der Waals surface area contributed by atoms with Crippen LogP contribution in [0.4, 0.5) is 17.6 Å². The third-order valence-electron chi connectivity index (χ3n) is 8.54. The lowest BCUT2D eigenvalue weighted by Gasteiger charge is -2.31. The number of nitrogens with one attached hydrogen (secondary N) is 1. The Bertz CT molecular complexity index is 1850. The number of imidazole rings is 1. The molecule has 0 amide bonds. The Kier molecular flexibility index (Phi) is 8.81. The van der Waals surface area contributed by atoms with Crippen LogP contribution >= 0.6 is 11.6 Å². The van der Waals surface area contributed by atoms with E-state index in [1.165, 1.54) is 0 Å². The number of H-pyrrole nitrogens is 1. The molecule has 3 aromatic heterocycles. The summed E-state index contributed by atoms with van der Waals surface area (Å²) in [6.45, 7) is 4.07. The first-order valence-corrected chi connectivity index (χ1v) is 15.8. The molecule has 2 aromatic carbocycles. The molecule has 2 aliphatic rings. The van der Waals surface area contributed by atoms with Crippen molar-refractivity contribution in [2.75, 3.05) is 26.3 Å². The summed E-state index contributed by atoms with van der Waals surface area (Å²) in [6, 6.07) is 12.7. The number of aromatic nitrogens is 7. The Morgan fingerprint density at radius 3 is 2.55 bits per heavy atom. The van der Waals surface area contributed by atoms with Crippen molar-refractivity contribution in [1.29, 1.82) is 0 Å². The standard InChI is InChI=1S/C32H31ClF4N8O2/c33-22-4-1-19(2-5-22)13-27-38-15-24(34)30(40-27)47-23-7-10-44(11-8-23)17-28-39-25-14-21(29-41-31(43-42-29)32(35,36)37)3-6-26(25)45(28)16-20-9-12-46-18-20/h1-6,14-15,20,23H,7-13,16-18H2,(H,41,42,43). The van der Waals surface area contributed by atoms with Crippen LogP contribution in [0.5, 0.6) is 5.88 Å². The number of benzene rings is 2. The van der Waals surface area contributed by atoms with Crippen LogP contribution in [-0.2, 0) is 30.4 Å². The van der Waals surface area contributed by atoms with E-state index >= 15 is 0 Å². The second kappa shape index (κ2) is 13.2. The number of fused-ring (bicyclic) bond motifs is 1. The smallest absolute Gasteiger partial charge is 0.451 e. The Hall–Kier alpha value is -4.14. The zero-order valence-corrected chi connectivity index (χ0v) is 25.9. The van der Waals surface area contributed by atoms with Gasteiger partial charge in [0.05, 0.1) is 30.4 Å². The topological polar surface area (TPSA) is 107 Å². The van der Waals surface area contributed by atoms with E-state index < -0.39 is 17.8 Å². The Morgan fingerprint density at radius 1 is 1.02 bits per heavy atom. The van der Waals surface area contributed by atoms with Crippen LogP contribution in [0, 0.1) is 11.7 Å². The fourth-order valence-electron chi connectivity index (χ4n) is 6.04. The number of hydrogen-bond acceptors (Lipinski definition) is 8. The molecule has 0 saturated carbocycles. The summed E-state index contributed by atoms with van der Waals surface area (Å²) in [4.78, 5) is 18.0. The second-order valence-electron chi connectivity index (χ2n) is 11.9. The highest BCUT2D eigenvalue weighted by molar-refractivity contribution is 6.30. The summed E-state index contributed by atoms with van der Waals surface area (Å²) < 4.78 is 67.7. The first kappa shape index (κ1) is 31.5. The highest BCUT2D eigenvalue weighted by Gasteiger charge is 2.35. The monoisotopic (exact) mass is 670 g/mol. The van der Waals surface area contributed by atoms with Crippen LogP contribution in [0.3, 0.4) is 0 Å². The molecule has 1 N–H and O–H groups in total. The Morgan fingerprint density at radius 2 is 1.83 bits per heavy atom. The first-order chi connectivity index (χ1) is 22.7. The molecule has 2 fully saturated rings. The predicted octanol–water partition coefficient (Wildman–Crippen LogP) is 6.09. The number of alkyl halides is 3. The van der Waals surface area contributed by atoms with E-state index in [0.717, 1.165) is 36.1 Å². The molecule has 7 rings (SSSR count). The van der Waals surface area contributed by atoms with Gasteiger partial charge < -0.3 is 19.0 Å². The fraction of sp³-hybridized carbons (Fsp3) is 0.406. The lowest BCUT2D eigenvalue weighted by atomic mass is 10.1. The largest absolute Gasteiger partial charge is 0.472 e. The van der Waals surface area contributed by atoms with Gasteiger partial charge in [-0.2, -0.15) is 22.5 Å². The predicted molar refractivity (Wildman–Crippen MR) is 164 cm³/mol. The summed E-state index contributed by atoms with van der Waals surface area (Å²) in [5.41, 5.74) is 2.97. The van der Waals surface area contributed by atoms with Gasteiger partial charge in [-0.3, -0.25) is 4.90 Å². The molecule has 2 saturated heterocycles. The Balaban J connectivity index is 1.04. The number of ether oxygens (including phenoxy) is 2. The number of halogens is 5. The zero-order chi connectivity index (χ0) is 32.5. The van der Waals surface area contributed by atoms with Crippen LogP contribution in [0.1, 0.15) is 42.3 Å². The maximum atomic E-state index is 14.6. The van der Waals surface area contributed by atoms with Crippen molar-refractivity contribution in [1.82, 2.24) is 39.6 Å². The Labute approximate surface area is 272 Å². The molecule has 0 radical (unpaired) electrons. The summed E-state index contributed by atoms with van der Waals surface area (Å²) in [5.74, 6) is -0.122. The van der Waals surface area contributed by atoms with Gasteiger partial charge in [0, 0.05) is 49.2 Å². The van der Waals surface area contributed by atoms with Crippen molar-refractivity contribution in [2.24, 2.45) is 5.92 Å². The number of piperidine rings is 1. The van der Waals surface area contributed by atoms with E-state index in [2.05, 4.69) is 34.6 Å². The number of hydrogen-bond donors (Lipinski definition) is 1. The molecule has 246 valence electrons. The van der Waals surface area contributed by atoms with Crippen LogP contribution in [0.15, 0.2) is 48.7 Å². The molecule has 10 nitrogen and oxygen atoms in total. The van der Waals surface area contributed by atoms with E-state index in [1.807, 2.05) is 18.2 Å². The molecular weight excluding hydrogens is 640 g/mol. The maximum absolute atomic E-state index is 14.6. The normalized spacial score (nSPS) is 17.9. The lowest BCUT2D eigenvalue weighted by molar-refractivity contribution is -0.144. The van der Waals surface area contributed by atoms with E-state index in [9.17, 15) is 17.6 Å². The number of nitrogens with zero attached hydrogens (tertiary/aromatic N) is 7. The van der Waals surface area contributed by atoms with E-state index in [-0.39, 0.29) is 17.8 Å². The molecule has 5 aromatic rings. The molecule has 15 heteroatoms. The SMILES string of the molecule is Fc1cnc(Cc2ccc(Cl)cc2)nc1OC1CCN(Cc2nc3cc(-c4nnc(C(F)(F)F)[nH]4)ccc3n2CC2CCOC2)CC1. The number of likely N-dealkylation sites (tertiary alicyclic amines) is 1. The molecule has 1 unspecified atom stereocenters. The third kappa shape index (κ3) is 7.24. The minimum absolute atomic E-state index is 0.0267. The summed E-state index contributed by atoms with van der Waals surface area (Å²) in [6.07, 6.45) is -0.970. The first-order valence-electron chi connectivity index (χ1n) is 15.4. The third-order valence-corrected chi connectivity index (χ3v) is 8.79. The number of aromatic amines is 1.